The average Bonchev–Trinajstić information content (AvgIpc) is 2.63. The standard InChI is InChI=1S/C16H22N2O/c1-11-14(10-19)18(5)15(17-11)12-6-8-13(9-7-12)16(2,3)4/h6-9,19H,10H2,1-5H3. The average molecular weight is 258 g/mol. The fourth-order valence-electron chi connectivity index (χ4n) is 2.27. The molecule has 0 unspecified atom stereocenters. The van der Waals surface area contributed by atoms with Crippen LogP contribution in [0.15, 0.2) is 24.3 Å². The van der Waals surface area contributed by atoms with E-state index in [0.717, 1.165) is 22.8 Å². The minimum Gasteiger partial charge on any atom is -0.390 e. The molecule has 19 heavy (non-hydrogen) atoms. The zero-order valence-corrected chi connectivity index (χ0v) is 12.4. The molecule has 0 amide bonds. The highest BCUT2D eigenvalue weighted by atomic mass is 16.3. The minimum absolute atomic E-state index is 0.0232. The summed E-state index contributed by atoms with van der Waals surface area (Å²) in [4.78, 5) is 4.55. The molecule has 0 spiro atoms. The maximum atomic E-state index is 9.35. The number of hydrogen-bond donors (Lipinski definition) is 1. The van der Waals surface area contributed by atoms with Crippen LogP contribution in [0.4, 0.5) is 0 Å². The van der Waals surface area contributed by atoms with E-state index >= 15 is 0 Å². The van der Waals surface area contributed by atoms with Crippen molar-refractivity contribution >= 4 is 0 Å². The molecule has 0 fully saturated rings. The van der Waals surface area contributed by atoms with Crippen molar-refractivity contribution in [1.29, 1.82) is 0 Å². The lowest BCUT2D eigenvalue weighted by Gasteiger charge is -2.19. The van der Waals surface area contributed by atoms with Gasteiger partial charge in [-0.1, -0.05) is 45.0 Å². The van der Waals surface area contributed by atoms with Gasteiger partial charge in [0, 0.05) is 12.6 Å². The normalized spacial score (nSPS) is 11.9. The molecule has 0 bridgehead atoms. The molecule has 0 aliphatic carbocycles. The van der Waals surface area contributed by atoms with Gasteiger partial charge in [0.05, 0.1) is 18.0 Å². The highest BCUT2D eigenvalue weighted by Gasteiger charge is 2.15. The van der Waals surface area contributed by atoms with Gasteiger partial charge < -0.3 is 9.67 Å². The first-order valence-corrected chi connectivity index (χ1v) is 6.58. The number of imidazole rings is 1. The summed E-state index contributed by atoms with van der Waals surface area (Å²) in [7, 11) is 1.94. The molecular formula is C16H22N2O. The highest BCUT2D eigenvalue weighted by molar-refractivity contribution is 5.57. The van der Waals surface area contributed by atoms with Gasteiger partial charge in [0.25, 0.3) is 0 Å². The van der Waals surface area contributed by atoms with Crippen molar-refractivity contribution in [3.8, 4) is 11.4 Å². The molecule has 102 valence electrons. The third-order valence-electron chi connectivity index (χ3n) is 3.57. The van der Waals surface area contributed by atoms with Gasteiger partial charge in [-0.25, -0.2) is 4.98 Å². The molecule has 0 aliphatic rings. The van der Waals surface area contributed by atoms with E-state index in [0.29, 0.717) is 0 Å². The molecule has 0 aliphatic heterocycles. The zero-order valence-electron chi connectivity index (χ0n) is 12.4. The van der Waals surface area contributed by atoms with Crippen LogP contribution >= 0.6 is 0 Å². The van der Waals surface area contributed by atoms with Gasteiger partial charge in [-0.05, 0) is 17.9 Å². The molecule has 1 aromatic carbocycles. The van der Waals surface area contributed by atoms with Crippen LogP contribution in [-0.2, 0) is 19.1 Å². The molecule has 2 rings (SSSR count). The van der Waals surface area contributed by atoms with Gasteiger partial charge >= 0.3 is 0 Å². The molecule has 3 nitrogen and oxygen atoms in total. The fraction of sp³-hybridized carbons (Fsp3) is 0.438. The van der Waals surface area contributed by atoms with Crippen molar-refractivity contribution in [1.82, 2.24) is 9.55 Å². The van der Waals surface area contributed by atoms with Crippen LogP contribution in [0.2, 0.25) is 0 Å². The quantitative estimate of drug-likeness (QED) is 0.898. The summed E-state index contributed by atoms with van der Waals surface area (Å²) in [5, 5.41) is 9.35. The second-order valence-electron chi connectivity index (χ2n) is 6.01. The monoisotopic (exact) mass is 258 g/mol. The van der Waals surface area contributed by atoms with Gasteiger partial charge in [-0.2, -0.15) is 0 Å². The Bertz CT molecular complexity index is 574. The Morgan fingerprint density at radius 1 is 1.16 bits per heavy atom. The molecule has 1 aromatic heterocycles. The van der Waals surface area contributed by atoms with Crippen molar-refractivity contribution in [3.63, 3.8) is 0 Å². The Balaban J connectivity index is 2.43. The predicted molar refractivity (Wildman–Crippen MR) is 78.0 cm³/mol. The summed E-state index contributed by atoms with van der Waals surface area (Å²) in [5.74, 6) is 0.905. The molecule has 1 N–H and O–H groups in total. The summed E-state index contributed by atoms with van der Waals surface area (Å²) in [5.41, 5.74) is 4.31. The number of nitrogens with zero attached hydrogens (tertiary/aromatic N) is 2. The largest absolute Gasteiger partial charge is 0.390 e. The van der Waals surface area contributed by atoms with Crippen LogP contribution in [0, 0.1) is 6.92 Å². The van der Waals surface area contributed by atoms with E-state index < -0.39 is 0 Å². The summed E-state index contributed by atoms with van der Waals surface area (Å²) < 4.78 is 1.96. The van der Waals surface area contributed by atoms with Crippen molar-refractivity contribution in [2.45, 2.75) is 39.7 Å². The van der Waals surface area contributed by atoms with E-state index in [1.165, 1.54) is 5.56 Å². The molecule has 1 heterocycles. The van der Waals surface area contributed by atoms with Crippen LogP contribution in [0.25, 0.3) is 11.4 Å². The number of aliphatic hydroxyl groups excluding tert-OH is 1. The van der Waals surface area contributed by atoms with Crippen LogP contribution in [0.5, 0.6) is 0 Å². The Hall–Kier alpha value is -1.61. The summed E-state index contributed by atoms with van der Waals surface area (Å²) >= 11 is 0. The molecule has 0 radical (unpaired) electrons. The molecule has 3 heteroatoms. The van der Waals surface area contributed by atoms with Crippen LogP contribution in [-0.4, -0.2) is 14.7 Å². The fourth-order valence-corrected chi connectivity index (χ4v) is 2.27. The maximum absolute atomic E-state index is 9.35. The first kappa shape index (κ1) is 13.8. The number of benzene rings is 1. The maximum Gasteiger partial charge on any atom is 0.140 e. The number of aryl methyl sites for hydroxylation is 1. The molecule has 0 saturated heterocycles. The third kappa shape index (κ3) is 2.56. The van der Waals surface area contributed by atoms with E-state index in [9.17, 15) is 5.11 Å². The van der Waals surface area contributed by atoms with Crippen LogP contribution in [0.3, 0.4) is 0 Å². The van der Waals surface area contributed by atoms with Gasteiger partial charge in [0.1, 0.15) is 5.82 Å². The van der Waals surface area contributed by atoms with Crippen molar-refractivity contribution in [2.75, 3.05) is 0 Å². The summed E-state index contributed by atoms with van der Waals surface area (Å²) in [6, 6.07) is 8.50. The Morgan fingerprint density at radius 2 is 1.74 bits per heavy atom. The first-order chi connectivity index (χ1) is 8.84. The molecule has 0 saturated carbocycles. The number of rotatable bonds is 2. The molecule has 2 aromatic rings. The summed E-state index contributed by atoms with van der Waals surface area (Å²) in [6.45, 7) is 8.57. The molecule has 0 atom stereocenters. The lowest BCUT2D eigenvalue weighted by atomic mass is 9.87. The van der Waals surface area contributed by atoms with E-state index in [4.69, 9.17) is 0 Å². The van der Waals surface area contributed by atoms with E-state index in [1.807, 2.05) is 18.5 Å². The van der Waals surface area contributed by atoms with E-state index in [-0.39, 0.29) is 12.0 Å². The minimum atomic E-state index is 0.0232. The SMILES string of the molecule is Cc1nc(-c2ccc(C(C)(C)C)cc2)n(C)c1CO. The smallest absolute Gasteiger partial charge is 0.140 e. The highest BCUT2D eigenvalue weighted by Crippen LogP contribution is 2.26. The number of aromatic nitrogens is 2. The van der Waals surface area contributed by atoms with Gasteiger partial charge in [0.2, 0.25) is 0 Å². The lowest BCUT2D eigenvalue weighted by Crippen LogP contribution is -2.10. The lowest BCUT2D eigenvalue weighted by molar-refractivity contribution is 0.272. The third-order valence-corrected chi connectivity index (χ3v) is 3.57. The van der Waals surface area contributed by atoms with E-state index in [2.05, 4.69) is 50.0 Å². The second-order valence-corrected chi connectivity index (χ2v) is 6.01. The first-order valence-electron chi connectivity index (χ1n) is 6.58. The van der Waals surface area contributed by atoms with Crippen molar-refractivity contribution in [3.05, 3.63) is 41.2 Å². The Morgan fingerprint density at radius 3 is 2.16 bits per heavy atom. The number of aliphatic hydroxyl groups is 1. The van der Waals surface area contributed by atoms with Crippen LogP contribution in [0.1, 0.15) is 37.7 Å². The van der Waals surface area contributed by atoms with Crippen molar-refractivity contribution in [2.24, 2.45) is 7.05 Å². The van der Waals surface area contributed by atoms with E-state index in [1.54, 1.807) is 0 Å². The topological polar surface area (TPSA) is 38.0 Å². The van der Waals surface area contributed by atoms with Gasteiger partial charge in [0.15, 0.2) is 0 Å². The number of hydrogen-bond acceptors (Lipinski definition) is 2. The Kier molecular flexibility index (Phi) is 3.50. The van der Waals surface area contributed by atoms with Crippen molar-refractivity contribution < 1.29 is 5.11 Å². The Labute approximate surface area is 114 Å². The summed E-state index contributed by atoms with van der Waals surface area (Å²) in [6.07, 6.45) is 0. The second kappa shape index (κ2) is 4.82. The zero-order chi connectivity index (χ0) is 14.2. The van der Waals surface area contributed by atoms with Gasteiger partial charge in [-0.3, -0.25) is 0 Å². The van der Waals surface area contributed by atoms with Crippen LogP contribution < -0.4 is 0 Å². The molecular weight excluding hydrogens is 236 g/mol. The van der Waals surface area contributed by atoms with Gasteiger partial charge in [-0.15, -0.1) is 0 Å². The predicted octanol–water partition coefficient (Wildman–Crippen LogP) is 3.19.